The third-order valence-electron chi connectivity index (χ3n) is 6.57. The highest BCUT2D eigenvalue weighted by Gasteiger charge is 2.36. The lowest BCUT2D eigenvalue weighted by atomic mass is 9.88. The molecule has 0 saturated carbocycles. The van der Waals surface area contributed by atoms with Crippen molar-refractivity contribution in [2.75, 3.05) is 19.6 Å². The number of carbonyl (C=O) groups is 1. The summed E-state index contributed by atoms with van der Waals surface area (Å²) in [5, 5.41) is 0. The van der Waals surface area contributed by atoms with Crippen molar-refractivity contribution in [3.8, 4) is 0 Å². The second kappa shape index (κ2) is 9.70. The molecule has 2 heterocycles. The highest BCUT2D eigenvalue weighted by Crippen LogP contribution is 2.35. The molecule has 5 heteroatoms. The molecule has 1 aliphatic rings. The summed E-state index contributed by atoms with van der Waals surface area (Å²) in [6, 6.07) is 20.7. The van der Waals surface area contributed by atoms with Crippen LogP contribution in [0.4, 0.5) is 4.39 Å². The highest BCUT2D eigenvalue weighted by atomic mass is 19.1. The van der Waals surface area contributed by atoms with Crippen molar-refractivity contribution in [2.24, 2.45) is 13.0 Å². The summed E-state index contributed by atoms with van der Waals surface area (Å²) < 4.78 is 16.2. The van der Waals surface area contributed by atoms with Crippen molar-refractivity contribution in [2.45, 2.75) is 32.4 Å². The van der Waals surface area contributed by atoms with E-state index in [4.69, 9.17) is 0 Å². The Morgan fingerprint density at radius 1 is 1.06 bits per heavy atom. The fraction of sp³-hybridized carbons (Fsp3) is 0.370. The van der Waals surface area contributed by atoms with Gasteiger partial charge in [-0.15, -0.1) is 0 Å². The lowest BCUT2D eigenvalue weighted by Crippen LogP contribution is -2.42. The van der Waals surface area contributed by atoms with Crippen LogP contribution in [0.3, 0.4) is 0 Å². The molecule has 4 nitrogen and oxygen atoms in total. The summed E-state index contributed by atoms with van der Waals surface area (Å²) in [6.45, 7) is 7.35. The first-order valence-corrected chi connectivity index (χ1v) is 11.4. The van der Waals surface area contributed by atoms with E-state index in [1.165, 1.54) is 11.8 Å². The minimum Gasteiger partial charge on any atom is -0.353 e. The van der Waals surface area contributed by atoms with E-state index >= 15 is 0 Å². The Bertz CT molecular complexity index is 1050. The molecule has 0 spiro atoms. The monoisotopic (exact) mass is 433 g/mol. The third kappa shape index (κ3) is 4.94. The van der Waals surface area contributed by atoms with Crippen molar-refractivity contribution in [1.29, 1.82) is 0 Å². The second-order valence-corrected chi connectivity index (χ2v) is 9.14. The number of aryl methyl sites for hydroxylation is 1. The van der Waals surface area contributed by atoms with E-state index in [0.29, 0.717) is 12.1 Å². The highest BCUT2D eigenvalue weighted by molar-refractivity contribution is 5.94. The lowest BCUT2D eigenvalue weighted by molar-refractivity contribution is 0.0668. The van der Waals surface area contributed by atoms with Gasteiger partial charge in [-0.2, -0.15) is 0 Å². The van der Waals surface area contributed by atoms with Crippen LogP contribution in [0.1, 0.15) is 41.4 Å². The molecule has 2 unspecified atom stereocenters. The molecule has 3 aromatic rings. The molecule has 2 atom stereocenters. The Hall–Kier alpha value is -2.92. The average molecular weight is 434 g/mol. The number of hydrogen-bond donors (Lipinski definition) is 0. The van der Waals surface area contributed by atoms with Crippen LogP contribution < -0.4 is 0 Å². The second-order valence-electron chi connectivity index (χ2n) is 9.14. The normalized spacial score (nSPS) is 18.9. The van der Waals surface area contributed by atoms with Gasteiger partial charge in [-0.1, -0.05) is 30.3 Å². The molecule has 32 heavy (non-hydrogen) atoms. The summed E-state index contributed by atoms with van der Waals surface area (Å²) in [5.41, 5.74) is 2.98. The average Bonchev–Trinajstić information content (AvgIpc) is 3.38. The van der Waals surface area contributed by atoms with Crippen molar-refractivity contribution in [3.63, 3.8) is 0 Å². The number of hydrogen-bond acceptors (Lipinski definition) is 2. The van der Waals surface area contributed by atoms with Crippen LogP contribution in [0, 0.1) is 11.7 Å². The molecule has 1 saturated heterocycles. The minimum absolute atomic E-state index is 0.0551. The van der Waals surface area contributed by atoms with Gasteiger partial charge in [0.25, 0.3) is 5.91 Å². The smallest absolute Gasteiger partial charge is 0.254 e. The Labute approximate surface area is 190 Å². The number of halogens is 1. The van der Waals surface area contributed by atoms with E-state index in [0.717, 1.165) is 25.2 Å². The molecule has 0 bridgehead atoms. The first-order valence-electron chi connectivity index (χ1n) is 11.4. The van der Waals surface area contributed by atoms with Gasteiger partial charge in [0.1, 0.15) is 5.82 Å². The van der Waals surface area contributed by atoms with E-state index in [1.54, 1.807) is 12.1 Å². The molecular formula is C27H32FN3O. The van der Waals surface area contributed by atoms with Crippen molar-refractivity contribution in [3.05, 3.63) is 95.6 Å². The van der Waals surface area contributed by atoms with Gasteiger partial charge in [-0.3, -0.25) is 9.69 Å². The number of aromatic nitrogens is 1. The van der Waals surface area contributed by atoms with E-state index in [9.17, 15) is 9.18 Å². The van der Waals surface area contributed by atoms with Gasteiger partial charge in [0.15, 0.2) is 0 Å². The maximum absolute atomic E-state index is 14.1. The molecule has 0 N–H and O–H groups in total. The molecule has 0 radical (unpaired) electrons. The molecule has 0 aliphatic carbocycles. The predicted molar refractivity (Wildman–Crippen MR) is 126 cm³/mol. The number of nitrogens with zero attached hydrogens (tertiary/aromatic N) is 3. The van der Waals surface area contributed by atoms with Crippen LogP contribution in [0.5, 0.6) is 0 Å². The minimum atomic E-state index is -0.205. The Kier molecular flexibility index (Phi) is 6.75. The molecule has 2 aromatic carbocycles. The van der Waals surface area contributed by atoms with Crippen LogP contribution in [0.15, 0.2) is 72.9 Å². The molecule has 4 rings (SSSR count). The Morgan fingerprint density at radius 2 is 1.84 bits per heavy atom. The third-order valence-corrected chi connectivity index (χ3v) is 6.57. The lowest BCUT2D eigenvalue weighted by Gasteiger charge is -2.32. The molecular weight excluding hydrogens is 401 g/mol. The largest absolute Gasteiger partial charge is 0.353 e. The fourth-order valence-electron chi connectivity index (χ4n) is 4.81. The number of likely N-dealkylation sites (tertiary alicyclic amines) is 1. The van der Waals surface area contributed by atoms with Crippen LogP contribution in [-0.2, 0) is 13.6 Å². The van der Waals surface area contributed by atoms with Crippen molar-refractivity contribution >= 4 is 5.91 Å². The first kappa shape index (κ1) is 22.3. The van der Waals surface area contributed by atoms with Gasteiger partial charge >= 0.3 is 0 Å². The van der Waals surface area contributed by atoms with Gasteiger partial charge in [0.2, 0.25) is 0 Å². The maximum Gasteiger partial charge on any atom is 0.254 e. The van der Waals surface area contributed by atoms with Gasteiger partial charge in [-0.25, -0.2) is 4.39 Å². The zero-order valence-electron chi connectivity index (χ0n) is 19.1. The van der Waals surface area contributed by atoms with E-state index < -0.39 is 0 Å². The molecule has 168 valence electrons. The van der Waals surface area contributed by atoms with Gasteiger partial charge in [-0.05, 0) is 61.7 Å². The summed E-state index contributed by atoms with van der Waals surface area (Å²) in [7, 11) is 2.06. The molecule has 1 amide bonds. The zero-order valence-corrected chi connectivity index (χ0v) is 19.1. The standard InChI is InChI=1S/C27H32FN3O/c1-20(2)31(27(32)21-9-5-4-6-10-21)17-23-16-30(18-25-13-8-14-29(25)3)19-26(23)22-11-7-12-24(28)15-22/h4-15,20,23,26H,16-19H2,1-3H3. The fourth-order valence-corrected chi connectivity index (χ4v) is 4.81. The van der Waals surface area contributed by atoms with Crippen molar-refractivity contribution in [1.82, 2.24) is 14.4 Å². The van der Waals surface area contributed by atoms with Gasteiger partial charge in [0.05, 0.1) is 0 Å². The van der Waals surface area contributed by atoms with Gasteiger partial charge < -0.3 is 9.47 Å². The number of rotatable bonds is 7. The van der Waals surface area contributed by atoms with Crippen LogP contribution in [0.2, 0.25) is 0 Å². The van der Waals surface area contributed by atoms with Crippen molar-refractivity contribution < 1.29 is 9.18 Å². The van der Waals surface area contributed by atoms with Crippen LogP contribution >= 0.6 is 0 Å². The molecule has 1 fully saturated rings. The Morgan fingerprint density at radius 3 is 2.50 bits per heavy atom. The number of carbonyl (C=O) groups excluding carboxylic acids is 1. The number of benzene rings is 2. The Balaban J connectivity index is 1.58. The SMILES string of the molecule is CC(C)N(CC1CN(Cc2cccn2C)CC1c1cccc(F)c1)C(=O)c1ccccc1. The van der Waals surface area contributed by atoms with E-state index in [-0.39, 0.29) is 29.6 Å². The van der Waals surface area contributed by atoms with E-state index in [1.807, 2.05) is 41.3 Å². The number of amides is 1. The summed E-state index contributed by atoms with van der Waals surface area (Å²) in [6.07, 6.45) is 2.06. The van der Waals surface area contributed by atoms with E-state index in [2.05, 4.69) is 48.7 Å². The van der Waals surface area contributed by atoms with Crippen LogP contribution in [0.25, 0.3) is 0 Å². The summed E-state index contributed by atoms with van der Waals surface area (Å²) >= 11 is 0. The molecule has 1 aliphatic heterocycles. The maximum atomic E-state index is 14.1. The molecule has 1 aromatic heterocycles. The zero-order chi connectivity index (χ0) is 22.7. The summed E-state index contributed by atoms with van der Waals surface area (Å²) in [4.78, 5) is 17.7. The van der Waals surface area contributed by atoms with Gasteiger partial charge in [0, 0.05) is 62.6 Å². The first-order chi connectivity index (χ1) is 15.4. The quantitative estimate of drug-likeness (QED) is 0.529. The predicted octanol–water partition coefficient (Wildman–Crippen LogP) is 4.93. The topological polar surface area (TPSA) is 28.5 Å². The van der Waals surface area contributed by atoms with Crippen LogP contribution in [-0.4, -0.2) is 46.0 Å². The summed E-state index contributed by atoms with van der Waals surface area (Å²) in [5.74, 6) is 0.255.